The van der Waals surface area contributed by atoms with E-state index in [4.69, 9.17) is 0 Å². The Morgan fingerprint density at radius 2 is 1.78 bits per heavy atom. The number of hydrogen-bond donors (Lipinski definition) is 1. The molecule has 1 N–H and O–H groups in total. The molecule has 1 aromatic carbocycles. The number of aromatic nitrogens is 2. The molecule has 6 nitrogen and oxygen atoms in total. The van der Waals surface area contributed by atoms with Crippen molar-refractivity contribution in [3.8, 4) is 0 Å². The summed E-state index contributed by atoms with van der Waals surface area (Å²) in [6.07, 6.45) is -3.15. The van der Waals surface area contributed by atoms with Gasteiger partial charge in [-0.1, -0.05) is 0 Å². The third kappa shape index (κ3) is 4.39. The van der Waals surface area contributed by atoms with Crippen molar-refractivity contribution >= 4 is 10.0 Å². The van der Waals surface area contributed by atoms with Gasteiger partial charge < -0.3 is 0 Å². The van der Waals surface area contributed by atoms with Crippen LogP contribution in [0.5, 0.6) is 0 Å². The lowest BCUT2D eigenvalue weighted by Gasteiger charge is -2.09. The second kappa shape index (κ2) is 6.50. The van der Waals surface area contributed by atoms with Gasteiger partial charge in [0.25, 0.3) is 5.56 Å². The summed E-state index contributed by atoms with van der Waals surface area (Å²) in [7, 11) is -3.97. The lowest BCUT2D eigenvalue weighted by atomic mass is 10.2. The van der Waals surface area contributed by atoms with Gasteiger partial charge >= 0.3 is 6.18 Å². The first kappa shape index (κ1) is 17.2. The van der Waals surface area contributed by atoms with Crippen LogP contribution in [-0.2, 0) is 22.7 Å². The van der Waals surface area contributed by atoms with Crippen molar-refractivity contribution in [2.45, 2.75) is 17.6 Å². The van der Waals surface area contributed by atoms with Crippen LogP contribution in [0.15, 0.2) is 52.3 Å². The minimum atomic E-state index is -4.53. The van der Waals surface area contributed by atoms with Crippen LogP contribution in [-0.4, -0.2) is 24.7 Å². The molecule has 2 aromatic rings. The fraction of sp³-hybridized carbons (Fsp3) is 0.231. The molecule has 0 aliphatic heterocycles. The fourth-order valence-corrected chi connectivity index (χ4v) is 2.77. The van der Waals surface area contributed by atoms with E-state index in [0.29, 0.717) is 12.1 Å². The highest BCUT2D eigenvalue weighted by Crippen LogP contribution is 2.29. The molecule has 0 unspecified atom stereocenters. The minimum Gasteiger partial charge on any atom is -0.268 e. The van der Waals surface area contributed by atoms with Gasteiger partial charge in [0, 0.05) is 18.8 Å². The first-order valence-corrected chi connectivity index (χ1v) is 7.87. The molecule has 0 saturated carbocycles. The van der Waals surface area contributed by atoms with Crippen molar-refractivity contribution in [2.75, 3.05) is 6.54 Å². The summed E-state index contributed by atoms with van der Waals surface area (Å²) in [5.74, 6) is 0. The van der Waals surface area contributed by atoms with E-state index in [1.54, 1.807) is 0 Å². The number of halogens is 3. The summed E-state index contributed by atoms with van der Waals surface area (Å²) in [6, 6.07) is 5.86. The molecule has 0 radical (unpaired) electrons. The Bertz CT molecular complexity index is 830. The zero-order chi connectivity index (χ0) is 17.1. The van der Waals surface area contributed by atoms with Gasteiger partial charge in [0.15, 0.2) is 0 Å². The Morgan fingerprint density at radius 3 is 2.35 bits per heavy atom. The molecule has 1 aromatic heterocycles. The van der Waals surface area contributed by atoms with Crippen molar-refractivity contribution in [1.82, 2.24) is 14.5 Å². The number of hydrogen-bond acceptors (Lipinski definition) is 4. The predicted octanol–water partition coefficient (Wildman–Crippen LogP) is 1.24. The maximum absolute atomic E-state index is 12.4. The van der Waals surface area contributed by atoms with E-state index in [0.717, 1.165) is 16.8 Å². The van der Waals surface area contributed by atoms with E-state index in [1.165, 1.54) is 18.3 Å². The second-order valence-corrected chi connectivity index (χ2v) is 6.27. The Morgan fingerprint density at radius 1 is 1.13 bits per heavy atom. The maximum atomic E-state index is 12.4. The number of nitrogens with zero attached hydrogens (tertiary/aromatic N) is 2. The number of benzene rings is 1. The summed E-state index contributed by atoms with van der Waals surface area (Å²) in [5, 5.41) is 3.75. The monoisotopic (exact) mass is 347 g/mol. The van der Waals surface area contributed by atoms with Gasteiger partial charge in [0.2, 0.25) is 10.0 Å². The number of rotatable bonds is 5. The van der Waals surface area contributed by atoms with Crippen molar-refractivity contribution in [1.29, 1.82) is 0 Å². The summed E-state index contributed by atoms with van der Waals surface area (Å²) in [4.78, 5) is 11.1. The fourth-order valence-electron chi connectivity index (χ4n) is 1.75. The smallest absolute Gasteiger partial charge is 0.268 e. The second-order valence-electron chi connectivity index (χ2n) is 4.50. The molecule has 0 bridgehead atoms. The topological polar surface area (TPSA) is 81.1 Å². The van der Waals surface area contributed by atoms with Crippen molar-refractivity contribution in [2.24, 2.45) is 0 Å². The highest BCUT2D eigenvalue weighted by atomic mass is 32.2. The quantitative estimate of drug-likeness (QED) is 0.882. The van der Waals surface area contributed by atoms with Crippen molar-refractivity contribution in [3.63, 3.8) is 0 Å². The molecule has 0 aliphatic carbocycles. The third-order valence-corrected chi connectivity index (χ3v) is 4.37. The van der Waals surface area contributed by atoms with E-state index >= 15 is 0 Å². The van der Waals surface area contributed by atoms with Crippen LogP contribution >= 0.6 is 0 Å². The van der Waals surface area contributed by atoms with E-state index in [2.05, 4.69) is 9.82 Å². The van der Waals surface area contributed by atoms with Crippen LogP contribution in [0.4, 0.5) is 13.2 Å². The maximum Gasteiger partial charge on any atom is 0.416 e. The van der Waals surface area contributed by atoms with Crippen molar-refractivity contribution < 1.29 is 21.6 Å². The average molecular weight is 347 g/mol. The van der Waals surface area contributed by atoms with Crippen LogP contribution in [0.25, 0.3) is 0 Å². The van der Waals surface area contributed by atoms with E-state index in [9.17, 15) is 26.4 Å². The molecule has 0 amide bonds. The van der Waals surface area contributed by atoms with E-state index in [1.807, 2.05) is 0 Å². The molecule has 0 atom stereocenters. The molecule has 0 saturated heterocycles. The molecule has 0 aliphatic rings. The van der Waals surface area contributed by atoms with Gasteiger partial charge in [-0.25, -0.2) is 17.8 Å². The summed E-state index contributed by atoms with van der Waals surface area (Å²) < 4.78 is 64.5. The molecular weight excluding hydrogens is 335 g/mol. The van der Waals surface area contributed by atoms with Crippen LogP contribution in [0, 0.1) is 0 Å². The Labute approximate surface area is 129 Å². The number of sulfonamides is 1. The molecule has 10 heteroatoms. The number of alkyl halides is 3. The molecular formula is C13H12F3N3O3S. The minimum absolute atomic E-state index is 0.000458. The van der Waals surface area contributed by atoms with Crippen LogP contribution < -0.4 is 10.3 Å². The molecule has 1 heterocycles. The Kier molecular flexibility index (Phi) is 4.85. The zero-order valence-electron chi connectivity index (χ0n) is 11.6. The normalized spacial score (nSPS) is 12.3. The molecule has 0 fully saturated rings. The number of nitrogens with one attached hydrogen (secondary N) is 1. The van der Waals surface area contributed by atoms with Gasteiger partial charge in [0.05, 0.1) is 17.0 Å². The summed E-state index contributed by atoms with van der Waals surface area (Å²) in [5.41, 5.74) is -1.32. The van der Waals surface area contributed by atoms with Crippen molar-refractivity contribution in [3.05, 3.63) is 58.5 Å². The molecule has 124 valence electrons. The predicted molar refractivity (Wildman–Crippen MR) is 75.1 cm³/mol. The highest BCUT2D eigenvalue weighted by Gasteiger charge is 2.30. The SMILES string of the molecule is O=c1cccnn1CCNS(=O)(=O)c1ccc(C(F)(F)F)cc1. The van der Waals surface area contributed by atoms with Gasteiger partial charge in [-0.05, 0) is 30.3 Å². The Hall–Kier alpha value is -2.20. The first-order valence-electron chi connectivity index (χ1n) is 6.39. The molecule has 2 rings (SSSR count). The third-order valence-electron chi connectivity index (χ3n) is 2.89. The Balaban J connectivity index is 2.04. The lowest BCUT2D eigenvalue weighted by molar-refractivity contribution is -0.137. The van der Waals surface area contributed by atoms with E-state index < -0.39 is 21.8 Å². The largest absolute Gasteiger partial charge is 0.416 e. The van der Waals surface area contributed by atoms with E-state index in [-0.39, 0.29) is 23.5 Å². The van der Waals surface area contributed by atoms with Gasteiger partial charge in [-0.15, -0.1) is 0 Å². The van der Waals surface area contributed by atoms with Crippen LogP contribution in [0.3, 0.4) is 0 Å². The zero-order valence-corrected chi connectivity index (χ0v) is 12.4. The standard InChI is InChI=1S/C13H12F3N3O3S/c14-13(15,16)10-3-5-11(6-4-10)23(21,22)18-8-9-19-12(20)2-1-7-17-19/h1-7,18H,8-9H2. The highest BCUT2D eigenvalue weighted by molar-refractivity contribution is 7.89. The van der Waals surface area contributed by atoms with Gasteiger partial charge in [-0.3, -0.25) is 4.79 Å². The summed E-state index contributed by atoms with van der Waals surface area (Å²) in [6.45, 7) is -0.125. The average Bonchev–Trinajstić information content (AvgIpc) is 2.48. The molecule has 0 spiro atoms. The van der Waals surface area contributed by atoms with Gasteiger partial charge in [-0.2, -0.15) is 18.3 Å². The lowest BCUT2D eigenvalue weighted by Crippen LogP contribution is -2.31. The first-order chi connectivity index (χ1) is 10.7. The van der Waals surface area contributed by atoms with Gasteiger partial charge in [0.1, 0.15) is 0 Å². The van der Waals surface area contributed by atoms with Crippen LogP contribution in [0.1, 0.15) is 5.56 Å². The van der Waals surface area contributed by atoms with Crippen LogP contribution in [0.2, 0.25) is 0 Å². The summed E-state index contributed by atoms with van der Waals surface area (Å²) >= 11 is 0. The molecule has 23 heavy (non-hydrogen) atoms.